The van der Waals surface area contributed by atoms with E-state index in [4.69, 9.17) is 11.6 Å². The SMILES string of the molecule is O=C(Nc1cc2c(c3c1C(c1cc(F)ccc1Cl)NC3=O)Nc1nccn1C2)c1cc(F)cc(C(F)(F)F)c1. The van der Waals surface area contributed by atoms with E-state index in [0.29, 0.717) is 29.3 Å². The lowest BCUT2D eigenvalue weighted by atomic mass is 9.92. The van der Waals surface area contributed by atoms with E-state index in [9.17, 15) is 31.5 Å². The number of anilines is 3. The maximum absolute atomic E-state index is 14.2. The second kappa shape index (κ2) is 8.80. The Bertz CT molecular complexity index is 1700. The highest BCUT2D eigenvalue weighted by Crippen LogP contribution is 2.46. The monoisotopic (exact) mass is 559 g/mol. The first-order valence-corrected chi connectivity index (χ1v) is 11.8. The number of carbonyl (C=O) groups excluding carboxylic acids is 2. The lowest BCUT2D eigenvalue weighted by Gasteiger charge is -2.25. The van der Waals surface area contributed by atoms with Crippen molar-refractivity contribution in [1.29, 1.82) is 0 Å². The molecule has 6 rings (SSSR count). The van der Waals surface area contributed by atoms with Crippen LogP contribution in [0.3, 0.4) is 0 Å². The molecule has 0 fully saturated rings. The average Bonchev–Trinajstić information content (AvgIpc) is 3.47. The number of alkyl halides is 3. The quantitative estimate of drug-likeness (QED) is 0.236. The summed E-state index contributed by atoms with van der Waals surface area (Å²) in [7, 11) is 0. The van der Waals surface area contributed by atoms with Gasteiger partial charge in [0.25, 0.3) is 11.8 Å². The number of amides is 2. The third-order valence-corrected chi connectivity index (χ3v) is 6.88. The second-order valence-corrected chi connectivity index (χ2v) is 9.41. The van der Waals surface area contributed by atoms with Crippen LogP contribution in [0.1, 0.15) is 49.0 Å². The Morgan fingerprint density at radius 2 is 1.90 bits per heavy atom. The highest BCUT2D eigenvalue weighted by atomic mass is 35.5. The van der Waals surface area contributed by atoms with Gasteiger partial charge in [-0.15, -0.1) is 0 Å². The molecule has 7 nitrogen and oxygen atoms in total. The van der Waals surface area contributed by atoms with Crippen molar-refractivity contribution in [3.63, 3.8) is 0 Å². The molecule has 3 N–H and O–H groups in total. The summed E-state index contributed by atoms with van der Waals surface area (Å²) in [6.45, 7) is 0.255. The van der Waals surface area contributed by atoms with Crippen LogP contribution >= 0.6 is 11.6 Å². The first-order valence-electron chi connectivity index (χ1n) is 11.4. The maximum atomic E-state index is 14.2. The zero-order chi connectivity index (χ0) is 27.6. The van der Waals surface area contributed by atoms with Gasteiger partial charge in [0, 0.05) is 39.8 Å². The fourth-order valence-electron chi connectivity index (χ4n) is 4.84. The Hall–Kier alpha value is -4.45. The molecule has 39 heavy (non-hydrogen) atoms. The van der Waals surface area contributed by atoms with Gasteiger partial charge in [0.15, 0.2) is 0 Å². The molecule has 0 saturated carbocycles. The normalized spacial score (nSPS) is 15.6. The summed E-state index contributed by atoms with van der Waals surface area (Å²) in [5, 5.41) is 8.50. The standard InChI is InChI=1S/C26H15ClF5N5O2/c27-17-2-1-14(28)9-16(17)22-19-18(34-23(38)11-5-13(26(30,31)32)8-15(29)6-11)7-12-10-37-4-3-33-25(37)36-21(12)20(19)24(39)35-22/h1-9,22H,10H2,(H,33,36)(H,34,38)(H,35,39). The first-order chi connectivity index (χ1) is 18.5. The van der Waals surface area contributed by atoms with Gasteiger partial charge in [-0.05, 0) is 48.0 Å². The predicted molar refractivity (Wildman–Crippen MR) is 131 cm³/mol. The topological polar surface area (TPSA) is 88.1 Å². The summed E-state index contributed by atoms with van der Waals surface area (Å²) in [5.41, 5.74) is -0.368. The highest BCUT2D eigenvalue weighted by molar-refractivity contribution is 6.31. The molecule has 1 atom stereocenters. The fraction of sp³-hybridized carbons (Fsp3) is 0.115. The molecule has 2 amide bonds. The van der Waals surface area contributed by atoms with Gasteiger partial charge in [0.2, 0.25) is 5.95 Å². The molecule has 1 aromatic heterocycles. The molecule has 13 heteroatoms. The van der Waals surface area contributed by atoms with Crippen molar-refractivity contribution in [1.82, 2.24) is 14.9 Å². The number of nitrogens with zero attached hydrogens (tertiary/aromatic N) is 2. The van der Waals surface area contributed by atoms with Gasteiger partial charge in [0.05, 0.1) is 29.4 Å². The third kappa shape index (κ3) is 4.26. The van der Waals surface area contributed by atoms with Gasteiger partial charge in [-0.3, -0.25) is 9.59 Å². The third-order valence-electron chi connectivity index (χ3n) is 6.54. The van der Waals surface area contributed by atoms with E-state index in [0.717, 1.165) is 12.1 Å². The molecule has 0 aliphatic carbocycles. The van der Waals surface area contributed by atoms with Gasteiger partial charge in [0.1, 0.15) is 11.6 Å². The van der Waals surface area contributed by atoms with Crippen LogP contribution in [0.4, 0.5) is 39.3 Å². The van der Waals surface area contributed by atoms with E-state index in [-0.39, 0.29) is 40.0 Å². The molecule has 0 radical (unpaired) electrons. The summed E-state index contributed by atoms with van der Waals surface area (Å²) >= 11 is 6.34. The van der Waals surface area contributed by atoms with Crippen LogP contribution in [-0.2, 0) is 12.7 Å². The van der Waals surface area contributed by atoms with Gasteiger partial charge in [-0.2, -0.15) is 13.2 Å². The molecular weight excluding hydrogens is 545 g/mol. The molecule has 198 valence electrons. The number of hydrogen-bond acceptors (Lipinski definition) is 4. The summed E-state index contributed by atoms with van der Waals surface area (Å²) in [6.07, 6.45) is -1.64. The van der Waals surface area contributed by atoms with Crippen molar-refractivity contribution in [2.24, 2.45) is 0 Å². The smallest absolute Gasteiger partial charge is 0.341 e. The van der Waals surface area contributed by atoms with E-state index in [1.54, 1.807) is 23.0 Å². The zero-order valence-corrected chi connectivity index (χ0v) is 20.2. The Balaban J connectivity index is 1.50. The van der Waals surface area contributed by atoms with Gasteiger partial charge < -0.3 is 20.5 Å². The second-order valence-electron chi connectivity index (χ2n) is 9.00. The van der Waals surface area contributed by atoms with Crippen LogP contribution in [0.25, 0.3) is 0 Å². The van der Waals surface area contributed by atoms with Crippen LogP contribution in [0, 0.1) is 11.6 Å². The zero-order valence-electron chi connectivity index (χ0n) is 19.5. The van der Waals surface area contributed by atoms with Gasteiger partial charge in [-0.25, -0.2) is 13.8 Å². The average molecular weight is 560 g/mol. The molecule has 2 aliphatic heterocycles. The molecular formula is C26H15ClF5N5O2. The number of fused-ring (bicyclic) bond motifs is 4. The molecule has 0 spiro atoms. The Labute approximate surface area is 221 Å². The Morgan fingerprint density at radius 1 is 1.10 bits per heavy atom. The number of imidazole rings is 1. The molecule has 0 saturated heterocycles. The summed E-state index contributed by atoms with van der Waals surface area (Å²) in [5.74, 6) is -3.01. The van der Waals surface area contributed by atoms with Gasteiger partial charge >= 0.3 is 6.18 Å². The van der Waals surface area contributed by atoms with Crippen LogP contribution in [0.5, 0.6) is 0 Å². The number of benzene rings is 3. The number of aromatic nitrogens is 2. The largest absolute Gasteiger partial charge is 0.416 e. The van der Waals surface area contributed by atoms with Crippen molar-refractivity contribution in [2.45, 2.75) is 18.8 Å². The minimum absolute atomic E-state index is 0.0561. The highest BCUT2D eigenvalue weighted by Gasteiger charge is 2.39. The molecule has 3 heterocycles. The fourth-order valence-corrected chi connectivity index (χ4v) is 5.07. The van der Waals surface area contributed by atoms with E-state index < -0.39 is 46.8 Å². The van der Waals surface area contributed by atoms with Crippen LogP contribution < -0.4 is 16.0 Å². The number of halogens is 6. The first kappa shape index (κ1) is 24.9. The summed E-state index contributed by atoms with van der Waals surface area (Å²) in [4.78, 5) is 30.6. The molecule has 0 bridgehead atoms. The molecule has 4 aromatic rings. The van der Waals surface area contributed by atoms with Crippen LogP contribution in [0.15, 0.2) is 54.9 Å². The molecule has 3 aromatic carbocycles. The number of hydrogen-bond donors (Lipinski definition) is 3. The Morgan fingerprint density at radius 3 is 2.67 bits per heavy atom. The molecule has 1 unspecified atom stereocenters. The summed E-state index contributed by atoms with van der Waals surface area (Å²) in [6, 6.07) is 5.61. The Kier molecular flexibility index (Phi) is 5.61. The van der Waals surface area contributed by atoms with E-state index in [1.165, 1.54) is 6.07 Å². The van der Waals surface area contributed by atoms with E-state index >= 15 is 0 Å². The van der Waals surface area contributed by atoms with Crippen molar-refractivity contribution in [3.05, 3.63) is 105 Å². The van der Waals surface area contributed by atoms with E-state index in [2.05, 4.69) is 20.9 Å². The minimum atomic E-state index is -4.88. The van der Waals surface area contributed by atoms with Crippen molar-refractivity contribution >= 4 is 40.7 Å². The minimum Gasteiger partial charge on any atom is -0.341 e. The van der Waals surface area contributed by atoms with Gasteiger partial charge in [-0.1, -0.05) is 11.6 Å². The maximum Gasteiger partial charge on any atom is 0.416 e. The molecule has 2 aliphatic rings. The number of carbonyl (C=O) groups is 2. The van der Waals surface area contributed by atoms with Crippen molar-refractivity contribution < 1.29 is 31.5 Å². The summed E-state index contributed by atoms with van der Waals surface area (Å²) < 4.78 is 69.7. The van der Waals surface area contributed by atoms with Crippen LogP contribution in [-0.4, -0.2) is 21.4 Å². The van der Waals surface area contributed by atoms with Crippen molar-refractivity contribution in [3.8, 4) is 0 Å². The van der Waals surface area contributed by atoms with Crippen molar-refractivity contribution in [2.75, 3.05) is 10.6 Å². The predicted octanol–water partition coefficient (Wildman–Crippen LogP) is 6.02. The number of rotatable bonds is 3. The lowest BCUT2D eigenvalue weighted by Crippen LogP contribution is -2.21. The van der Waals surface area contributed by atoms with Crippen LogP contribution in [0.2, 0.25) is 5.02 Å². The van der Waals surface area contributed by atoms with E-state index in [1.807, 2.05) is 0 Å². The lowest BCUT2D eigenvalue weighted by molar-refractivity contribution is -0.137. The number of nitrogens with one attached hydrogen (secondary N) is 3.